The number of nitrogens with zero attached hydrogens (tertiary/aromatic N) is 3. The molecule has 0 atom stereocenters. The number of aromatic nitrogens is 1. The zero-order valence-electron chi connectivity index (χ0n) is 14.3. The van der Waals surface area contributed by atoms with Gasteiger partial charge in [0.2, 0.25) is 5.91 Å². The van der Waals surface area contributed by atoms with E-state index >= 15 is 0 Å². The standard InChI is InChI=1S/C18H24ClN3OS/c1-21(2)10-5-11-22(17(23)13-6-3-4-7-13)18-20-15-9-8-14(19)12-16(15)24-18/h8-9,12-13H,3-7,10-11H2,1-2H3. The van der Waals surface area contributed by atoms with E-state index in [0.29, 0.717) is 5.02 Å². The minimum atomic E-state index is 0.167. The van der Waals surface area contributed by atoms with Gasteiger partial charge >= 0.3 is 0 Å². The van der Waals surface area contributed by atoms with Crippen LogP contribution in [-0.4, -0.2) is 43.0 Å². The van der Waals surface area contributed by atoms with Crippen LogP contribution >= 0.6 is 22.9 Å². The van der Waals surface area contributed by atoms with Gasteiger partial charge < -0.3 is 4.90 Å². The topological polar surface area (TPSA) is 36.4 Å². The van der Waals surface area contributed by atoms with Crippen molar-refractivity contribution in [1.29, 1.82) is 0 Å². The molecule has 1 saturated carbocycles. The number of halogens is 1. The summed E-state index contributed by atoms with van der Waals surface area (Å²) in [6.07, 6.45) is 5.30. The highest BCUT2D eigenvalue weighted by Gasteiger charge is 2.29. The van der Waals surface area contributed by atoms with Crippen molar-refractivity contribution < 1.29 is 4.79 Å². The second-order valence-corrected chi connectivity index (χ2v) is 8.18. The maximum atomic E-state index is 13.0. The minimum absolute atomic E-state index is 0.167. The SMILES string of the molecule is CN(C)CCCN(C(=O)C1CCCC1)c1nc2ccc(Cl)cc2s1. The number of amides is 1. The van der Waals surface area contributed by atoms with Crippen molar-refractivity contribution in [1.82, 2.24) is 9.88 Å². The largest absolute Gasteiger partial charge is 0.309 e. The highest BCUT2D eigenvalue weighted by Crippen LogP contribution is 2.34. The lowest BCUT2D eigenvalue weighted by atomic mass is 10.1. The first-order valence-corrected chi connectivity index (χ1v) is 9.76. The third kappa shape index (κ3) is 4.08. The first-order chi connectivity index (χ1) is 11.5. The van der Waals surface area contributed by atoms with Crippen LogP contribution in [0, 0.1) is 5.92 Å². The normalized spacial score (nSPS) is 15.5. The van der Waals surface area contributed by atoms with Crippen LogP contribution in [0.5, 0.6) is 0 Å². The quantitative estimate of drug-likeness (QED) is 0.760. The summed E-state index contributed by atoms with van der Waals surface area (Å²) in [6, 6.07) is 5.70. The molecule has 1 aliphatic rings. The van der Waals surface area contributed by atoms with Gasteiger partial charge in [0.25, 0.3) is 0 Å². The summed E-state index contributed by atoms with van der Waals surface area (Å²) < 4.78 is 1.04. The maximum Gasteiger partial charge on any atom is 0.231 e. The Balaban J connectivity index is 1.84. The Hall–Kier alpha value is -1.17. The summed E-state index contributed by atoms with van der Waals surface area (Å²) in [7, 11) is 4.12. The smallest absolute Gasteiger partial charge is 0.231 e. The van der Waals surface area contributed by atoms with Gasteiger partial charge in [-0.05, 0) is 58.1 Å². The molecule has 0 bridgehead atoms. The van der Waals surface area contributed by atoms with Crippen LogP contribution in [0.25, 0.3) is 10.2 Å². The molecule has 0 saturated heterocycles. The summed E-state index contributed by atoms with van der Waals surface area (Å²) in [5.74, 6) is 0.413. The fraction of sp³-hybridized carbons (Fsp3) is 0.556. The lowest BCUT2D eigenvalue weighted by Crippen LogP contribution is -2.37. The second kappa shape index (κ2) is 7.81. The van der Waals surface area contributed by atoms with Crippen LogP contribution in [0.4, 0.5) is 5.13 Å². The number of hydrogen-bond acceptors (Lipinski definition) is 4. The summed E-state index contributed by atoms with van der Waals surface area (Å²) in [5.41, 5.74) is 0.913. The first-order valence-electron chi connectivity index (χ1n) is 8.57. The zero-order chi connectivity index (χ0) is 17.1. The third-order valence-corrected chi connectivity index (χ3v) is 5.80. The monoisotopic (exact) mass is 365 g/mol. The molecular formula is C18H24ClN3OS. The van der Waals surface area contributed by atoms with E-state index in [1.165, 1.54) is 0 Å². The molecule has 3 rings (SSSR count). The van der Waals surface area contributed by atoms with Crippen LogP contribution in [0.1, 0.15) is 32.1 Å². The summed E-state index contributed by atoms with van der Waals surface area (Å²) >= 11 is 7.65. The number of carbonyl (C=O) groups is 1. The Labute approximate surface area is 152 Å². The fourth-order valence-electron chi connectivity index (χ4n) is 3.24. The van der Waals surface area contributed by atoms with Crippen LogP contribution in [0.3, 0.4) is 0 Å². The Morgan fingerprint density at radius 2 is 2.04 bits per heavy atom. The van der Waals surface area contributed by atoms with E-state index < -0.39 is 0 Å². The van der Waals surface area contributed by atoms with Crippen molar-refractivity contribution in [2.24, 2.45) is 5.92 Å². The van der Waals surface area contributed by atoms with E-state index in [1.54, 1.807) is 11.3 Å². The van der Waals surface area contributed by atoms with Gasteiger partial charge in [-0.3, -0.25) is 9.69 Å². The molecule has 24 heavy (non-hydrogen) atoms. The summed E-state index contributed by atoms with van der Waals surface area (Å²) in [6.45, 7) is 1.69. The lowest BCUT2D eigenvalue weighted by Gasteiger charge is -2.23. The zero-order valence-corrected chi connectivity index (χ0v) is 15.9. The maximum absolute atomic E-state index is 13.0. The van der Waals surface area contributed by atoms with Gasteiger partial charge in [-0.2, -0.15) is 0 Å². The molecule has 0 aliphatic heterocycles. The van der Waals surface area contributed by atoms with Crippen molar-refractivity contribution in [2.45, 2.75) is 32.1 Å². The number of fused-ring (bicyclic) bond motifs is 1. The Bertz CT molecular complexity index is 709. The van der Waals surface area contributed by atoms with Gasteiger partial charge in [0.1, 0.15) is 0 Å². The highest BCUT2D eigenvalue weighted by atomic mass is 35.5. The summed E-state index contributed by atoms with van der Waals surface area (Å²) in [5, 5.41) is 1.52. The Morgan fingerprint density at radius 1 is 1.29 bits per heavy atom. The molecule has 1 aliphatic carbocycles. The van der Waals surface area contributed by atoms with Crippen LogP contribution in [0.2, 0.25) is 5.02 Å². The van der Waals surface area contributed by atoms with E-state index in [4.69, 9.17) is 16.6 Å². The van der Waals surface area contributed by atoms with E-state index in [0.717, 1.165) is 60.5 Å². The average Bonchev–Trinajstić information content (AvgIpc) is 3.19. The van der Waals surface area contributed by atoms with Crippen molar-refractivity contribution in [3.8, 4) is 0 Å². The van der Waals surface area contributed by atoms with Crippen LogP contribution < -0.4 is 4.90 Å². The molecule has 130 valence electrons. The van der Waals surface area contributed by atoms with Crippen molar-refractivity contribution in [3.63, 3.8) is 0 Å². The van der Waals surface area contributed by atoms with Crippen molar-refractivity contribution in [2.75, 3.05) is 32.1 Å². The molecule has 4 nitrogen and oxygen atoms in total. The average molecular weight is 366 g/mol. The van der Waals surface area contributed by atoms with Gasteiger partial charge in [-0.25, -0.2) is 4.98 Å². The van der Waals surface area contributed by atoms with E-state index in [9.17, 15) is 4.79 Å². The van der Waals surface area contributed by atoms with Crippen LogP contribution in [0.15, 0.2) is 18.2 Å². The third-order valence-electron chi connectivity index (χ3n) is 4.53. The Kier molecular flexibility index (Phi) is 5.74. The minimum Gasteiger partial charge on any atom is -0.309 e. The molecule has 1 aromatic heterocycles. The molecule has 0 unspecified atom stereocenters. The lowest BCUT2D eigenvalue weighted by molar-refractivity contribution is -0.122. The molecule has 1 heterocycles. The molecule has 1 fully saturated rings. The highest BCUT2D eigenvalue weighted by molar-refractivity contribution is 7.22. The van der Waals surface area contributed by atoms with Crippen molar-refractivity contribution in [3.05, 3.63) is 23.2 Å². The number of rotatable bonds is 6. The summed E-state index contributed by atoms with van der Waals surface area (Å²) in [4.78, 5) is 21.8. The Morgan fingerprint density at radius 3 is 2.75 bits per heavy atom. The fourth-order valence-corrected chi connectivity index (χ4v) is 4.51. The predicted molar refractivity (Wildman–Crippen MR) is 102 cm³/mol. The molecule has 2 aromatic rings. The second-order valence-electron chi connectivity index (χ2n) is 6.74. The van der Waals surface area contributed by atoms with Crippen molar-refractivity contribution >= 4 is 44.2 Å². The first kappa shape index (κ1) is 17.6. The van der Waals surface area contributed by atoms with Gasteiger partial charge in [-0.15, -0.1) is 0 Å². The van der Waals surface area contributed by atoms with Gasteiger partial charge in [0.15, 0.2) is 5.13 Å². The molecular weight excluding hydrogens is 342 g/mol. The van der Waals surface area contributed by atoms with E-state index in [1.807, 2.05) is 23.1 Å². The number of hydrogen-bond donors (Lipinski definition) is 0. The molecule has 0 spiro atoms. The van der Waals surface area contributed by atoms with Gasteiger partial charge in [0, 0.05) is 17.5 Å². The van der Waals surface area contributed by atoms with E-state index in [-0.39, 0.29) is 11.8 Å². The number of anilines is 1. The molecule has 0 N–H and O–H groups in total. The van der Waals surface area contributed by atoms with Crippen LogP contribution in [-0.2, 0) is 4.79 Å². The molecule has 0 radical (unpaired) electrons. The molecule has 1 amide bonds. The van der Waals surface area contributed by atoms with E-state index in [2.05, 4.69) is 19.0 Å². The number of carbonyl (C=O) groups excluding carboxylic acids is 1. The van der Waals surface area contributed by atoms with Gasteiger partial charge in [-0.1, -0.05) is 35.8 Å². The number of thiazole rings is 1. The van der Waals surface area contributed by atoms with Gasteiger partial charge in [0.05, 0.1) is 10.2 Å². The molecule has 1 aromatic carbocycles. The predicted octanol–water partition coefficient (Wildman–Crippen LogP) is 4.42. The molecule has 6 heteroatoms. The number of benzene rings is 1.